The number of furan rings is 1. The minimum Gasteiger partial charge on any atom is -0.507 e. The normalized spacial score (nSPS) is 17.7. The minimum absolute atomic E-state index is 0.128. The molecule has 4 rings (SSSR count). The molecular weight excluding hydrogens is 422 g/mol. The summed E-state index contributed by atoms with van der Waals surface area (Å²) in [5.41, 5.74) is 1.15. The van der Waals surface area contributed by atoms with Crippen LogP contribution in [0, 0.1) is 12.8 Å². The Morgan fingerprint density at radius 3 is 2.61 bits per heavy atom. The number of aryl methyl sites for hydroxylation is 1. The lowest BCUT2D eigenvalue weighted by Gasteiger charge is -2.24. The van der Waals surface area contributed by atoms with Gasteiger partial charge in [0.15, 0.2) is 0 Å². The van der Waals surface area contributed by atoms with E-state index in [0.717, 1.165) is 10.5 Å². The van der Waals surface area contributed by atoms with Gasteiger partial charge in [-0.05, 0) is 54.8 Å². The first-order valence-electron chi connectivity index (χ1n) is 10.6. The fraction of sp³-hybridized carbons (Fsp3) is 0.231. The van der Waals surface area contributed by atoms with Gasteiger partial charge in [-0.2, -0.15) is 0 Å². The second-order valence-corrected chi connectivity index (χ2v) is 8.41. The molecule has 33 heavy (non-hydrogen) atoms. The molecule has 1 unspecified atom stereocenters. The van der Waals surface area contributed by atoms with E-state index in [9.17, 15) is 19.8 Å². The van der Waals surface area contributed by atoms with Crippen molar-refractivity contribution in [3.63, 3.8) is 0 Å². The predicted molar refractivity (Wildman–Crippen MR) is 123 cm³/mol. The number of aromatic hydroxyl groups is 1. The van der Waals surface area contributed by atoms with Crippen LogP contribution in [0.3, 0.4) is 0 Å². The van der Waals surface area contributed by atoms with Crippen LogP contribution >= 0.6 is 0 Å². The standard InChI is InChI=1S/C26H25NO6/c1-15(2)14-33-18-7-4-6-17(13-18)24(29)22-23(21-8-5-11-32-21)27(26(31)25(22)30)19-12-16(3)9-10-20(19)28/h4-13,15,23,28-29H,14H2,1-3H3/b24-22-. The highest BCUT2D eigenvalue weighted by Gasteiger charge is 2.49. The fourth-order valence-electron chi connectivity index (χ4n) is 3.78. The number of aliphatic hydroxyl groups is 1. The molecule has 2 aromatic carbocycles. The second kappa shape index (κ2) is 8.86. The summed E-state index contributed by atoms with van der Waals surface area (Å²) in [4.78, 5) is 27.4. The zero-order chi connectivity index (χ0) is 23.7. The fourth-order valence-corrected chi connectivity index (χ4v) is 3.78. The topological polar surface area (TPSA) is 100 Å². The van der Waals surface area contributed by atoms with Crippen LogP contribution in [-0.2, 0) is 9.59 Å². The molecular formula is C26H25NO6. The van der Waals surface area contributed by atoms with Crippen molar-refractivity contribution in [3.8, 4) is 11.5 Å². The molecule has 1 fully saturated rings. The lowest BCUT2D eigenvalue weighted by Crippen LogP contribution is -2.29. The van der Waals surface area contributed by atoms with Crippen LogP contribution in [0.4, 0.5) is 5.69 Å². The van der Waals surface area contributed by atoms with E-state index in [1.807, 2.05) is 20.8 Å². The molecule has 0 radical (unpaired) electrons. The Morgan fingerprint density at radius 1 is 1.12 bits per heavy atom. The third-order valence-corrected chi connectivity index (χ3v) is 5.34. The molecule has 1 saturated heterocycles. The maximum atomic E-state index is 13.1. The monoisotopic (exact) mass is 447 g/mol. The number of carbonyl (C=O) groups excluding carboxylic acids is 2. The number of hydrogen-bond donors (Lipinski definition) is 2. The van der Waals surface area contributed by atoms with Gasteiger partial charge in [0.05, 0.1) is 24.1 Å². The van der Waals surface area contributed by atoms with Gasteiger partial charge in [0.25, 0.3) is 11.7 Å². The second-order valence-electron chi connectivity index (χ2n) is 8.41. The zero-order valence-corrected chi connectivity index (χ0v) is 18.6. The van der Waals surface area contributed by atoms with E-state index in [1.165, 1.54) is 12.3 Å². The number of hydrogen-bond acceptors (Lipinski definition) is 6. The summed E-state index contributed by atoms with van der Waals surface area (Å²) in [5, 5.41) is 21.7. The zero-order valence-electron chi connectivity index (χ0n) is 18.6. The van der Waals surface area contributed by atoms with Gasteiger partial charge in [0.2, 0.25) is 0 Å². The van der Waals surface area contributed by atoms with Crippen LogP contribution < -0.4 is 9.64 Å². The summed E-state index contributed by atoms with van der Waals surface area (Å²) in [6.45, 7) is 6.35. The molecule has 7 heteroatoms. The first-order valence-corrected chi connectivity index (χ1v) is 10.6. The number of phenols is 1. The quantitative estimate of drug-likeness (QED) is 0.315. The number of aliphatic hydroxyl groups excluding tert-OH is 1. The molecule has 0 bridgehead atoms. The smallest absolute Gasteiger partial charge is 0.300 e. The van der Waals surface area contributed by atoms with Crippen molar-refractivity contribution in [2.75, 3.05) is 11.5 Å². The van der Waals surface area contributed by atoms with Gasteiger partial charge in [0.1, 0.15) is 29.1 Å². The van der Waals surface area contributed by atoms with Crippen LogP contribution in [0.2, 0.25) is 0 Å². The third-order valence-electron chi connectivity index (χ3n) is 5.34. The number of carbonyl (C=O) groups is 2. The Balaban J connectivity index is 1.86. The number of amides is 1. The van der Waals surface area contributed by atoms with Crippen LogP contribution in [-0.4, -0.2) is 28.5 Å². The molecule has 0 saturated carbocycles. The molecule has 1 aliphatic heterocycles. The molecule has 0 aliphatic carbocycles. The number of Topliss-reactive ketones (excluding diaryl/α,β-unsaturated/α-hetero) is 1. The van der Waals surface area contributed by atoms with Gasteiger partial charge in [-0.3, -0.25) is 14.5 Å². The Bertz CT molecular complexity index is 1230. The number of phenolic OH excluding ortho intramolecular Hbond substituents is 1. The Morgan fingerprint density at radius 2 is 1.91 bits per heavy atom. The summed E-state index contributed by atoms with van der Waals surface area (Å²) in [5.74, 6) is -1.12. The van der Waals surface area contributed by atoms with Crippen molar-refractivity contribution in [2.45, 2.75) is 26.8 Å². The lowest BCUT2D eigenvalue weighted by atomic mass is 9.99. The molecule has 1 aliphatic rings. The molecule has 7 nitrogen and oxygen atoms in total. The van der Waals surface area contributed by atoms with Gasteiger partial charge >= 0.3 is 0 Å². The molecule has 2 heterocycles. The molecule has 2 N–H and O–H groups in total. The van der Waals surface area contributed by atoms with E-state index in [-0.39, 0.29) is 28.5 Å². The highest BCUT2D eigenvalue weighted by molar-refractivity contribution is 6.51. The molecule has 0 spiro atoms. The summed E-state index contributed by atoms with van der Waals surface area (Å²) in [6, 6.07) is 13.7. The van der Waals surface area contributed by atoms with E-state index in [2.05, 4.69) is 0 Å². The Hall–Kier alpha value is -4.00. The number of ether oxygens (including phenoxy) is 1. The average Bonchev–Trinajstić information content (AvgIpc) is 3.41. The number of anilines is 1. The van der Waals surface area contributed by atoms with Gasteiger partial charge in [0, 0.05) is 5.56 Å². The summed E-state index contributed by atoms with van der Waals surface area (Å²) in [6.07, 6.45) is 1.42. The molecule has 170 valence electrons. The van der Waals surface area contributed by atoms with Crippen molar-refractivity contribution in [1.29, 1.82) is 0 Å². The van der Waals surface area contributed by atoms with Crippen LogP contribution in [0.1, 0.15) is 36.8 Å². The van der Waals surface area contributed by atoms with Gasteiger partial charge in [-0.1, -0.05) is 32.0 Å². The molecule has 3 aromatic rings. The predicted octanol–water partition coefficient (Wildman–Crippen LogP) is 4.95. The highest BCUT2D eigenvalue weighted by atomic mass is 16.5. The van der Waals surface area contributed by atoms with Crippen molar-refractivity contribution < 1.29 is 29.0 Å². The van der Waals surface area contributed by atoms with Crippen molar-refractivity contribution in [2.24, 2.45) is 5.92 Å². The van der Waals surface area contributed by atoms with Crippen molar-refractivity contribution in [1.82, 2.24) is 0 Å². The van der Waals surface area contributed by atoms with Gasteiger partial charge < -0.3 is 19.4 Å². The number of nitrogens with zero attached hydrogens (tertiary/aromatic N) is 1. The minimum atomic E-state index is -1.05. The largest absolute Gasteiger partial charge is 0.507 e. The summed E-state index contributed by atoms with van der Waals surface area (Å²) < 4.78 is 11.3. The lowest BCUT2D eigenvalue weighted by molar-refractivity contribution is -0.132. The van der Waals surface area contributed by atoms with Crippen LogP contribution in [0.15, 0.2) is 70.9 Å². The van der Waals surface area contributed by atoms with E-state index in [4.69, 9.17) is 9.15 Å². The van der Waals surface area contributed by atoms with Gasteiger partial charge in [-0.25, -0.2) is 0 Å². The molecule has 1 aromatic heterocycles. The SMILES string of the molecule is Cc1ccc(O)c(N2C(=O)C(=O)/C(=C(\O)c3cccc(OCC(C)C)c3)C2c2ccco2)c1. The third kappa shape index (κ3) is 4.22. The van der Waals surface area contributed by atoms with E-state index in [1.54, 1.807) is 48.5 Å². The van der Waals surface area contributed by atoms with Crippen LogP contribution in [0.5, 0.6) is 11.5 Å². The first-order chi connectivity index (χ1) is 15.8. The number of ketones is 1. The number of rotatable bonds is 6. The summed E-state index contributed by atoms with van der Waals surface area (Å²) in [7, 11) is 0. The van der Waals surface area contributed by atoms with Crippen molar-refractivity contribution in [3.05, 3.63) is 83.3 Å². The van der Waals surface area contributed by atoms with Crippen molar-refractivity contribution >= 4 is 23.1 Å². The maximum Gasteiger partial charge on any atom is 0.300 e. The Labute approximate surface area is 191 Å². The average molecular weight is 447 g/mol. The van der Waals surface area contributed by atoms with E-state index >= 15 is 0 Å². The van der Waals surface area contributed by atoms with E-state index in [0.29, 0.717) is 23.8 Å². The van der Waals surface area contributed by atoms with Crippen LogP contribution in [0.25, 0.3) is 5.76 Å². The Kier molecular flexibility index (Phi) is 5.96. The summed E-state index contributed by atoms with van der Waals surface area (Å²) >= 11 is 0. The maximum absolute atomic E-state index is 13.1. The van der Waals surface area contributed by atoms with E-state index < -0.39 is 17.7 Å². The first kappa shape index (κ1) is 22.2. The number of benzene rings is 2. The molecule has 1 atom stereocenters. The molecule has 1 amide bonds. The van der Waals surface area contributed by atoms with Gasteiger partial charge in [-0.15, -0.1) is 0 Å². The highest BCUT2D eigenvalue weighted by Crippen LogP contribution is 2.45.